The molecular formula is C18H17NO2S2. The molecule has 0 saturated carbocycles. The van der Waals surface area contributed by atoms with Crippen molar-refractivity contribution >= 4 is 33.9 Å². The zero-order chi connectivity index (χ0) is 15.9. The Morgan fingerprint density at radius 2 is 1.57 bits per heavy atom. The van der Waals surface area contributed by atoms with Crippen LogP contribution in [0, 0.1) is 0 Å². The normalized spacial score (nSPS) is 17.6. The summed E-state index contributed by atoms with van der Waals surface area (Å²) in [6.45, 7) is 1.27. The lowest BCUT2D eigenvalue weighted by molar-refractivity contribution is 0.477. The monoisotopic (exact) mass is 343 g/mol. The Hall–Kier alpha value is -1.56. The second-order valence-electron chi connectivity index (χ2n) is 5.78. The second-order valence-corrected chi connectivity index (χ2v) is 8.81. The molecule has 0 aromatic heterocycles. The van der Waals surface area contributed by atoms with Crippen molar-refractivity contribution in [1.82, 2.24) is 4.31 Å². The van der Waals surface area contributed by atoms with Crippen molar-refractivity contribution in [2.75, 3.05) is 13.1 Å². The van der Waals surface area contributed by atoms with Crippen molar-refractivity contribution in [3.8, 4) is 0 Å². The van der Waals surface area contributed by atoms with Gasteiger partial charge in [0.25, 0.3) is 0 Å². The lowest BCUT2D eigenvalue weighted by atomic mass is 10.1. The van der Waals surface area contributed by atoms with Gasteiger partial charge in [0.1, 0.15) is 0 Å². The first-order valence-corrected chi connectivity index (χ1v) is 9.99. The van der Waals surface area contributed by atoms with Crippen LogP contribution < -0.4 is 0 Å². The fraction of sp³-hybridized carbons (Fsp3) is 0.222. The Bertz CT molecular complexity index is 882. The van der Waals surface area contributed by atoms with E-state index in [0.717, 1.165) is 28.9 Å². The highest BCUT2D eigenvalue weighted by atomic mass is 32.2. The van der Waals surface area contributed by atoms with Crippen LogP contribution in [0.5, 0.6) is 0 Å². The van der Waals surface area contributed by atoms with E-state index in [1.54, 1.807) is 28.2 Å². The summed E-state index contributed by atoms with van der Waals surface area (Å²) in [5.74, 6) is 0. The number of hydrogen-bond donors (Lipinski definition) is 0. The Labute approximate surface area is 141 Å². The van der Waals surface area contributed by atoms with Gasteiger partial charge in [-0.15, -0.1) is 0 Å². The van der Waals surface area contributed by atoms with E-state index in [2.05, 4.69) is 18.2 Å². The summed E-state index contributed by atoms with van der Waals surface area (Å²) in [4.78, 5) is 2.68. The van der Waals surface area contributed by atoms with Crippen LogP contribution in [0.3, 0.4) is 0 Å². The number of fused-ring (bicyclic) bond motifs is 2. The highest BCUT2D eigenvalue weighted by Gasteiger charge is 2.27. The number of rotatable bonds is 2. The Balaban J connectivity index is 1.75. The van der Waals surface area contributed by atoms with Crippen molar-refractivity contribution in [1.29, 1.82) is 0 Å². The predicted molar refractivity (Wildman–Crippen MR) is 93.9 cm³/mol. The van der Waals surface area contributed by atoms with E-state index in [1.165, 1.54) is 4.90 Å². The lowest BCUT2D eigenvalue weighted by Crippen LogP contribution is -2.27. The summed E-state index contributed by atoms with van der Waals surface area (Å²) in [7, 11) is -3.36. The van der Waals surface area contributed by atoms with Gasteiger partial charge in [-0.2, -0.15) is 4.31 Å². The van der Waals surface area contributed by atoms with Crippen molar-refractivity contribution in [3.05, 3.63) is 53.6 Å². The maximum atomic E-state index is 12.7. The molecule has 0 aliphatic carbocycles. The molecule has 3 nitrogen and oxygen atoms in total. The van der Waals surface area contributed by atoms with Crippen molar-refractivity contribution < 1.29 is 8.42 Å². The van der Waals surface area contributed by atoms with Crippen LogP contribution in [0.15, 0.2) is 57.2 Å². The van der Waals surface area contributed by atoms with Crippen molar-refractivity contribution in [2.24, 2.45) is 0 Å². The third-order valence-corrected chi connectivity index (χ3v) is 7.34. The summed E-state index contributed by atoms with van der Waals surface area (Å²) < 4.78 is 27.0. The van der Waals surface area contributed by atoms with E-state index in [0.29, 0.717) is 18.0 Å². The average molecular weight is 343 g/mol. The molecule has 0 N–H and O–H groups in total. The summed E-state index contributed by atoms with van der Waals surface area (Å²) in [5, 5.41) is 0. The third kappa shape index (κ3) is 2.73. The summed E-state index contributed by atoms with van der Waals surface area (Å²) in [5.41, 5.74) is 2.13. The van der Waals surface area contributed by atoms with Gasteiger partial charge in [0.2, 0.25) is 10.0 Å². The largest absolute Gasteiger partial charge is 0.243 e. The number of nitrogens with zero attached hydrogens (tertiary/aromatic N) is 1. The van der Waals surface area contributed by atoms with E-state index in [9.17, 15) is 8.42 Å². The minimum absolute atomic E-state index is 0.398. The molecule has 0 radical (unpaired) electrons. The first-order chi connectivity index (χ1) is 11.1. The molecule has 0 bridgehead atoms. The van der Waals surface area contributed by atoms with Gasteiger partial charge in [0.05, 0.1) is 4.90 Å². The van der Waals surface area contributed by atoms with Gasteiger partial charge in [0.15, 0.2) is 0 Å². The van der Waals surface area contributed by atoms with E-state index in [1.807, 2.05) is 24.3 Å². The maximum Gasteiger partial charge on any atom is 0.243 e. The molecule has 1 saturated heterocycles. The van der Waals surface area contributed by atoms with Gasteiger partial charge in [-0.25, -0.2) is 8.42 Å². The van der Waals surface area contributed by atoms with E-state index >= 15 is 0 Å². The van der Waals surface area contributed by atoms with Gasteiger partial charge in [-0.3, -0.25) is 0 Å². The highest BCUT2D eigenvalue weighted by Crippen LogP contribution is 2.38. The Morgan fingerprint density at radius 3 is 2.39 bits per heavy atom. The molecule has 5 heteroatoms. The smallest absolute Gasteiger partial charge is 0.207 e. The molecule has 2 heterocycles. The van der Waals surface area contributed by atoms with Gasteiger partial charge in [-0.05, 0) is 48.2 Å². The van der Waals surface area contributed by atoms with Gasteiger partial charge in [0, 0.05) is 22.9 Å². The molecule has 23 heavy (non-hydrogen) atoms. The van der Waals surface area contributed by atoms with Crippen LogP contribution in [0.2, 0.25) is 0 Å². The summed E-state index contributed by atoms with van der Waals surface area (Å²) in [6, 6.07) is 13.7. The SMILES string of the molecule is O=S(=O)(c1ccc2c(c1)C=Cc1ccccc1S2)N1CCCC1. The molecule has 1 fully saturated rings. The molecular weight excluding hydrogens is 326 g/mol. The standard InChI is InChI=1S/C18H17NO2S2/c20-23(21,19-11-3-4-12-19)16-9-10-18-15(13-16)8-7-14-5-1-2-6-17(14)22-18/h1-2,5-10,13H,3-4,11-12H2. The number of sulfonamides is 1. The van der Waals surface area contributed by atoms with Crippen molar-refractivity contribution in [2.45, 2.75) is 27.5 Å². The molecule has 118 valence electrons. The molecule has 0 unspecified atom stereocenters. The van der Waals surface area contributed by atoms with Crippen LogP contribution >= 0.6 is 11.8 Å². The fourth-order valence-corrected chi connectivity index (χ4v) is 5.57. The second kappa shape index (κ2) is 5.82. The average Bonchev–Trinajstić information content (AvgIpc) is 3.04. The predicted octanol–water partition coefficient (Wildman–Crippen LogP) is 4.11. The quantitative estimate of drug-likeness (QED) is 0.703. The van der Waals surface area contributed by atoms with Crippen molar-refractivity contribution in [3.63, 3.8) is 0 Å². The molecule has 0 amide bonds. The van der Waals surface area contributed by atoms with Crippen LogP contribution in [-0.4, -0.2) is 25.8 Å². The molecule has 4 rings (SSSR count). The number of benzene rings is 2. The van der Waals surface area contributed by atoms with Crippen LogP contribution in [0.4, 0.5) is 0 Å². The third-order valence-electron chi connectivity index (χ3n) is 4.27. The zero-order valence-corrected chi connectivity index (χ0v) is 14.2. The van der Waals surface area contributed by atoms with Gasteiger partial charge >= 0.3 is 0 Å². The van der Waals surface area contributed by atoms with E-state index in [4.69, 9.17) is 0 Å². The molecule has 2 aliphatic rings. The maximum absolute atomic E-state index is 12.7. The lowest BCUT2D eigenvalue weighted by Gasteiger charge is -2.16. The zero-order valence-electron chi connectivity index (χ0n) is 12.6. The van der Waals surface area contributed by atoms with E-state index < -0.39 is 10.0 Å². The molecule has 2 aromatic carbocycles. The van der Waals surface area contributed by atoms with Crippen LogP contribution in [-0.2, 0) is 10.0 Å². The Kier molecular flexibility index (Phi) is 3.79. The minimum Gasteiger partial charge on any atom is -0.207 e. The van der Waals surface area contributed by atoms with Crippen LogP contribution in [0.1, 0.15) is 24.0 Å². The topological polar surface area (TPSA) is 37.4 Å². The molecule has 0 atom stereocenters. The molecule has 2 aliphatic heterocycles. The van der Waals surface area contributed by atoms with E-state index in [-0.39, 0.29) is 0 Å². The molecule has 0 spiro atoms. The van der Waals surface area contributed by atoms with Crippen LogP contribution in [0.25, 0.3) is 12.2 Å². The molecule has 2 aromatic rings. The minimum atomic E-state index is -3.36. The summed E-state index contributed by atoms with van der Waals surface area (Å²) >= 11 is 1.68. The fourth-order valence-electron chi connectivity index (χ4n) is 3.00. The highest BCUT2D eigenvalue weighted by molar-refractivity contribution is 7.99. The van der Waals surface area contributed by atoms with Gasteiger partial charge < -0.3 is 0 Å². The first-order valence-electron chi connectivity index (χ1n) is 7.74. The Morgan fingerprint density at radius 1 is 0.870 bits per heavy atom. The van der Waals surface area contributed by atoms with Gasteiger partial charge in [-0.1, -0.05) is 42.1 Å². The first kappa shape index (κ1) is 15.0. The number of hydrogen-bond acceptors (Lipinski definition) is 3. The summed E-state index contributed by atoms with van der Waals surface area (Å²) in [6.07, 6.45) is 5.97.